The van der Waals surface area contributed by atoms with Gasteiger partial charge in [-0.25, -0.2) is 0 Å². The highest BCUT2D eigenvalue weighted by molar-refractivity contribution is 5.80. The second-order valence-electron chi connectivity index (χ2n) is 9.47. The second kappa shape index (κ2) is 13.7. The fourth-order valence-corrected chi connectivity index (χ4v) is 4.14. The van der Waals surface area contributed by atoms with Crippen molar-refractivity contribution in [1.82, 2.24) is 0 Å². The van der Waals surface area contributed by atoms with Gasteiger partial charge in [0.25, 0.3) is 0 Å². The molecule has 0 radical (unpaired) electrons. The number of Topliss-reactive ketones (excluding diaryl/α,β-unsaturated/α-hetero) is 1. The fourth-order valence-electron chi connectivity index (χ4n) is 4.14. The number of rotatable bonds is 14. The van der Waals surface area contributed by atoms with Crippen LogP contribution < -0.4 is 9.47 Å². The molecule has 2 aromatic carbocycles. The van der Waals surface area contributed by atoms with Crippen LogP contribution in [0.4, 0.5) is 0 Å². The third kappa shape index (κ3) is 8.75. The zero-order valence-electron chi connectivity index (χ0n) is 21.7. The molecule has 0 fully saturated rings. The van der Waals surface area contributed by atoms with Gasteiger partial charge in [0.05, 0.1) is 20.3 Å². The van der Waals surface area contributed by atoms with Crippen LogP contribution in [0, 0.1) is 5.92 Å². The van der Waals surface area contributed by atoms with Gasteiger partial charge in [-0.05, 0) is 53.6 Å². The zero-order valence-corrected chi connectivity index (χ0v) is 21.7. The summed E-state index contributed by atoms with van der Waals surface area (Å²) in [4.78, 5) is 24.9. The Morgan fingerprint density at radius 2 is 1.50 bits per heavy atom. The summed E-state index contributed by atoms with van der Waals surface area (Å²) in [5.74, 6) is 0.188. The first kappa shape index (κ1) is 29.0. The Hall–Kier alpha value is -3.26. The van der Waals surface area contributed by atoms with Crippen LogP contribution >= 0.6 is 0 Å². The van der Waals surface area contributed by atoms with Crippen LogP contribution in [0.15, 0.2) is 36.4 Å². The maximum Gasteiger partial charge on any atom is 0.303 e. The summed E-state index contributed by atoms with van der Waals surface area (Å²) in [6, 6.07) is 9.76. The van der Waals surface area contributed by atoms with E-state index in [0.717, 1.165) is 18.4 Å². The molecule has 0 aliphatic rings. The maximum atomic E-state index is 13.2. The van der Waals surface area contributed by atoms with Gasteiger partial charge in [-0.15, -0.1) is 0 Å². The quantitative estimate of drug-likeness (QED) is 0.322. The van der Waals surface area contributed by atoms with Crippen molar-refractivity contribution < 1.29 is 39.1 Å². The zero-order chi connectivity index (χ0) is 26.8. The van der Waals surface area contributed by atoms with E-state index in [-0.39, 0.29) is 48.2 Å². The van der Waals surface area contributed by atoms with Crippen molar-refractivity contribution in [3.63, 3.8) is 0 Å². The molecular weight excluding hydrogens is 464 g/mol. The minimum atomic E-state index is -1.13. The number of aliphatic hydroxyl groups excluding tert-OH is 1. The van der Waals surface area contributed by atoms with Crippen molar-refractivity contribution in [3.05, 3.63) is 47.5 Å². The first-order valence-electron chi connectivity index (χ1n) is 12.1. The van der Waals surface area contributed by atoms with Crippen molar-refractivity contribution in [2.24, 2.45) is 5.92 Å². The molecule has 0 aliphatic heterocycles. The van der Waals surface area contributed by atoms with E-state index in [4.69, 9.17) is 14.2 Å². The average Bonchev–Trinajstić information content (AvgIpc) is 2.82. The molecule has 8 heteroatoms. The lowest BCUT2D eigenvalue weighted by Gasteiger charge is -2.24. The van der Waals surface area contributed by atoms with Crippen LogP contribution in [0.5, 0.6) is 23.0 Å². The van der Waals surface area contributed by atoms with E-state index in [0.29, 0.717) is 17.2 Å². The van der Waals surface area contributed by atoms with Gasteiger partial charge in [0.2, 0.25) is 0 Å². The standard InChI is InChI=1S/C28H38O8/c1-17(2)6-8-20(21-9-11-24(32)27(15-21)35-5)14-22(30)16-28(36-18(3)29)25(33)12-19-7-10-23(31)26(13-19)34-4/h7,9-11,13,15,17,20,25,28,31-33H,6,8,12,14,16H2,1-5H3. The number of phenols is 2. The summed E-state index contributed by atoms with van der Waals surface area (Å²) in [6.07, 6.45) is -0.328. The number of aromatic hydroxyl groups is 2. The van der Waals surface area contributed by atoms with Crippen molar-refractivity contribution in [2.75, 3.05) is 14.2 Å². The van der Waals surface area contributed by atoms with Crippen LogP contribution in [0.1, 0.15) is 63.5 Å². The highest BCUT2D eigenvalue weighted by atomic mass is 16.6. The predicted octanol–water partition coefficient (Wildman–Crippen LogP) is 4.52. The number of hydrogen-bond acceptors (Lipinski definition) is 8. The molecule has 0 amide bonds. The van der Waals surface area contributed by atoms with Crippen molar-refractivity contribution in [1.29, 1.82) is 0 Å². The summed E-state index contributed by atoms with van der Waals surface area (Å²) in [5.41, 5.74) is 1.53. The molecule has 2 rings (SSSR count). The number of carbonyl (C=O) groups excluding carboxylic acids is 2. The third-order valence-corrected chi connectivity index (χ3v) is 6.11. The lowest BCUT2D eigenvalue weighted by Crippen LogP contribution is -2.34. The van der Waals surface area contributed by atoms with E-state index in [1.807, 2.05) is 0 Å². The topological polar surface area (TPSA) is 123 Å². The SMILES string of the molecule is COc1cc(CC(O)C(CC(=O)CC(CCC(C)C)c2ccc(O)c(OC)c2)OC(C)=O)ccc1O. The monoisotopic (exact) mass is 502 g/mol. The Balaban J connectivity index is 2.18. The molecule has 0 heterocycles. The largest absolute Gasteiger partial charge is 0.504 e. The summed E-state index contributed by atoms with van der Waals surface area (Å²) in [6.45, 7) is 5.46. The number of hydrogen-bond donors (Lipinski definition) is 3. The Labute approximate surface area is 212 Å². The molecule has 3 N–H and O–H groups in total. The predicted molar refractivity (Wildman–Crippen MR) is 136 cm³/mol. The number of benzene rings is 2. The first-order chi connectivity index (χ1) is 17.0. The van der Waals surface area contributed by atoms with Crippen molar-refractivity contribution in [3.8, 4) is 23.0 Å². The number of ether oxygens (including phenoxy) is 3. The molecule has 0 bridgehead atoms. The Morgan fingerprint density at radius 3 is 2.08 bits per heavy atom. The molecule has 3 atom stereocenters. The molecule has 0 spiro atoms. The molecule has 8 nitrogen and oxygen atoms in total. The third-order valence-electron chi connectivity index (χ3n) is 6.11. The Kier molecular flexibility index (Phi) is 11.0. The van der Waals surface area contributed by atoms with E-state index in [1.54, 1.807) is 30.3 Å². The normalized spacial score (nSPS) is 13.6. The first-order valence-corrected chi connectivity index (χ1v) is 12.1. The minimum Gasteiger partial charge on any atom is -0.504 e. The number of esters is 1. The smallest absolute Gasteiger partial charge is 0.303 e. The molecule has 0 saturated carbocycles. The minimum absolute atomic E-state index is 0.0269. The van der Waals surface area contributed by atoms with E-state index in [2.05, 4.69) is 13.8 Å². The lowest BCUT2D eigenvalue weighted by atomic mass is 9.86. The average molecular weight is 503 g/mol. The van der Waals surface area contributed by atoms with Crippen LogP contribution in [-0.4, -0.2) is 53.5 Å². The van der Waals surface area contributed by atoms with Crippen LogP contribution in [0.3, 0.4) is 0 Å². The fraction of sp³-hybridized carbons (Fsp3) is 0.500. The van der Waals surface area contributed by atoms with E-state index < -0.39 is 18.2 Å². The van der Waals surface area contributed by atoms with E-state index in [1.165, 1.54) is 27.2 Å². The van der Waals surface area contributed by atoms with Crippen molar-refractivity contribution >= 4 is 11.8 Å². The number of ketones is 1. The van der Waals surface area contributed by atoms with Gasteiger partial charge in [-0.3, -0.25) is 9.59 Å². The molecule has 0 saturated heterocycles. The summed E-state index contributed by atoms with van der Waals surface area (Å²) >= 11 is 0. The Bertz CT molecular complexity index is 1020. The molecule has 0 aromatic heterocycles. The molecule has 2 aromatic rings. The number of carbonyl (C=O) groups is 2. The van der Waals surface area contributed by atoms with E-state index in [9.17, 15) is 24.9 Å². The van der Waals surface area contributed by atoms with Crippen LogP contribution in [-0.2, 0) is 20.7 Å². The highest BCUT2D eigenvalue weighted by Crippen LogP contribution is 2.34. The summed E-state index contributed by atoms with van der Waals surface area (Å²) in [7, 11) is 2.90. The molecule has 36 heavy (non-hydrogen) atoms. The number of phenolic OH excluding ortho intramolecular Hbond substituents is 2. The van der Waals surface area contributed by atoms with Gasteiger partial charge < -0.3 is 29.5 Å². The molecule has 3 unspecified atom stereocenters. The Morgan fingerprint density at radius 1 is 0.889 bits per heavy atom. The molecular formula is C28H38O8. The van der Waals surface area contributed by atoms with Gasteiger partial charge in [0.1, 0.15) is 11.9 Å². The van der Waals surface area contributed by atoms with Gasteiger partial charge in [0, 0.05) is 26.2 Å². The van der Waals surface area contributed by atoms with Gasteiger partial charge in [-0.1, -0.05) is 32.4 Å². The molecule has 198 valence electrons. The molecule has 0 aliphatic carbocycles. The summed E-state index contributed by atoms with van der Waals surface area (Å²) < 4.78 is 15.7. The number of methoxy groups -OCH3 is 2. The van der Waals surface area contributed by atoms with Crippen molar-refractivity contribution in [2.45, 2.75) is 71.0 Å². The summed E-state index contributed by atoms with van der Waals surface area (Å²) in [5, 5.41) is 30.6. The van der Waals surface area contributed by atoms with Gasteiger partial charge in [-0.2, -0.15) is 0 Å². The second-order valence-corrected chi connectivity index (χ2v) is 9.47. The maximum absolute atomic E-state index is 13.2. The number of aliphatic hydroxyl groups is 1. The van der Waals surface area contributed by atoms with Gasteiger partial charge >= 0.3 is 5.97 Å². The van der Waals surface area contributed by atoms with Crippen LogP contribution in [0.2, 0.25) is 0 Å². The highest BCUT2D eigenvalue weighted by Gasteiger charge is 2.28. The van der Waals surface area contributed by atoms with E-state index >= 15 is 0 Å². The lowest BCUT2D eigenvalue weighted by molar-refractivity contribution is -0.154. The van der Waals surface area contributed by atoms with Gasteiger partial charge in [0.15, 0.2) is 23.0 Å². The van der Waals surface area contributed by atoms with Crippen LogP contribution in [0.25, 0.3) is 0 Å².